The molecule has 0 amide bonds. The fourth-order valence-corrected chi connectivity index (χ4v) is 3.04. The van der Waals surface area contributed by atoms with E-state index in [1.54, 1.807) is 0 Å². The summed E-state index contributed by atoms with van der Waals surface area (Å²) >= 11 is 1.53. The molecule has 1 fully saturated rings. The molecule has 1 unspecified atom stereocenters. The van der Waals surface area contributed by atoms with Crippen LogP contribution in [0.4, 0.5) is 10.8 Å². The van der Waals surface area contributed by atoms with Crippen molar-refractivity contribution in [3.63, 3.8) is 0 Å². The van der Waals surface area contributed by atoms with Crippen LogP contribution in [0.1, 0.15) is 18.4 Å². The predicted molar refractivity (Wildman–Crippen MR) is 70.2 cm³/mol. The second-order valence-corrected chi connectivity index (χ2v) is 5.46. The second-order valence-electron chi connectivity index (χ2n) is 4.70. The summed E-state index contributed by atoms with van der Waals surface area (Å²) in [5.41, 5.74) is 6.95. The molecule has 2 heterocycles. The first-order valence-corrected chi connectivity index (χ1v) is 6.50. The summed E-state index contributed by atoms with van der Waals surface area (Å²) in [7, 11) is 4.31. The van der Waals surface area contributed by atoms with E-state index in [1.165, 1.54) is 29.4 Å². The molecule has 1 aromatic heterocycles. The van der Waals surface area contributed by atoms with Crippen LogP contribution in [0.3, 0.4) is 0 Å². The number of hydrogen-bond donors (Lipinski definition) is 1. The predicted octanol–water partition coefficient (Wildman–Crippen LogP) is 1.56. The van der Waals surface area contributed by atoms with Crippen LogP contribution in [0.5, 0.6) is 0 Å². The van der Waals surface area contributed by atoms with Crippen molar-refractivity contribution in [3.05, 3.63) is 5.56 Å². The van der Waals surface area contributed by atoms with E-state index in [-0.39, 0.29) is 0 Å². The third-order valence-electron chi connectivity index (χ3n) is 3.35. The average molecular weight is 240 g/mol. The number of nitrogens with two attached hydrogens (primary N) is 1. The zero-order valence-corrected chi connectivity index (χ0v) is 11.0. The lowest BCUT2D eigenvalue weighted by Crippen LogP contribution is -2.45. The van der Waals surface area contributed by atoms with E-state index in [0.29, 0.717) is 11.9 Å². The third kappa shape index (κ3) is 2.15. The summed E-state index contributed by atoms with van der Waals surface area (Å²) in [6, 6.07) is 0.650. The highest BCUT2D eigenvalue weighted by atomic mass is 32.1. The summed E-state index contributed by atoms with van der Waals surface area (Å²) in [6.07, 6.45) is 2.54. The van der Waals surface area contributed by atoms with E-state index in [4.69, 9.17) is 5.73 Å². The Labute approximate surface area is 101 Å². The molecule has 90 valence electrons. The Kier molecular flexibility index (Phi) is 3.35. The summed E-state index contributed by atoms with van der Waals surface area (Å²) in [6.45, 7) is 4.29. The average Bonchev–Trinajstić information content (AvgIpc) is 2.60. The van der Waals surface area contributed by atoms with E-state index in [0.717, 1.165) is 18.7 Å². The van der Waals surface area contributed by atoms with Crippen molar-refractivity contribution in [2.24, 2.45) is 0 Å². The van der Waals surface area contributed by atoms with E-state index in [2.05, 4.69) is 35.2 Å². The molecule has 1 aliphatic heterocycles. The quantitative estimate of drug-likeness (QED) is 0.852. The highest BCUT2D eigenvalue weighted by molar-refractivity contribution is 7.10. The Hall–Kier alpha value is -0.810. The van der Waals surface area contributed by atoms with E-state index in [9.17, 15) is 0 Å². The Balaban J connectivity index is 2.13. The number of likely N-dealkylation sites (N-methyl/N-ethyl adjacent to an activating group) is 1. The first-order chi connectivity index (χ1) is 7.59. The van der Waals surface area contributed by atoms with Crippen LogP contribution in [-0.4, -0.2) is 42.5 Å². The molecule has 1 atom stereocenters. The monoisotopic (exact) mass is 240 g/mol. The van der Waals surface area contributed by atoms with Gasteiger partial charge in [-0.3, -0.25) is 0 Å². The largest absolute Gasteiger partial charge is 0.383 e. The molecule has 0 saturated carbocycles. The molecule has 0 aromatic carbocycles. The van der Waals surface area contributed by atoms with Crippen molar-refractivity contribution >= 4 is 22.4 Å². The van der Waals surface area contributed by atoms with Crippen LogP contribution in [0.15, 0.2) is 0 Å². The fourth-order valence-electron chi connectivity index (χ4n) is 2.19. The van der Waals surface area contributed by atoms with Crippen molar-refractivity contribution in [3.8, 4) is 0 Å². The minimum absolute atomic E-state index is 0.650. The minimum Gasteiger partial charge on any atom is -0.383 e. The zero-order valence-electron chi connectivity index (χ0n) is 10.2. The standard InChI is InChI=1S/C11H20N4S/c1-8-10(12)13-16-11(8)15-6-4-5-9(7-15)14(2)3/h9H,4-7H2,1-3H3,(H2,12,13). The van der Waals surface area contributed by atoms with E-state index >= 15 is 0 Å². The van der Waals surface area contributed by atoms with Crippen LogP contribution >= 0.6 is 11.5 Å². The van der Waals surface area contributed by atoms with E-state index in [1.807, 2.05) is 0 Å². The van der Waals surface area contributed by atoms with Crippen LogP contribution in [0.25, 0.3) is 0 Å². The maximum Gasteiger partial charge on any atom is 0.142 e. The van der Waals surface area contributed by atoms with Gasteiger partial charge in [-0.15, -0.1) is 0 Å². The highest BCUT2D eigenvalue weighted by Crippen LogP contribution is 2.31. The SMILES string of the molecule is Cc1c(N)nsc1N1CCCC(N(C)C)C1. The molecule has 0 bridgehead atoms. The van der Waals surface area contributed by atoms with Gasteiger partial charge in [0.15, 0.2) is 0 Å². The highest BCUT2D eigenvalue weighted by Gasteiger charge is 2.24. The van der Waals surface area contributed by atoms with Crippen molar-refractivity contribution in [2.45, 2.75) is 25.8 Å². The topological polar surface area (TPSA) is 45.4 Å². The maximum atomic E-state index is 5.80. The number of anilines is 2. The van der Waals surface area contributed by atoms with Crippen molar-refractivity contribution in [1.82, 2.24) is 9.27 Å². The van der Waals surface area contributed by atoms with Crippen LogP contribution in [0, 0.1) is 6.92 Å². The molecular formula is C11H20N4S. The Morgan fingerprint density at radius 1 is 1.50 bits per heavy atom. The molecule has 16 heavy (non-hydrogen) atoms. The summed E-state index contributed by atoms with van der Waals surface area (Å²) in [5.74, 6) is 0.687. The fraction of sp³-hybridized carbons (Fsp3) is 0.727. The van der Waals surface area contributed by atoms with Gasteiger partial charge >= 0.3 is 0 Å². The number of nitrogens with zero attached hydrogens (tertiary/aromatic N) is 3. The number of rotatable bonds is 2. The molecule has 0 aliphatic carbocycles. The second kappa shape index (κ2) is 4.59. The molecule has 4 nitrogen and oxygen atoms in total. The van der Waals surface area contributed by atoms with Crippen LogP contribution in [0.2, 0.25) is 0 Å². The first kappa shape index (κ1) is 11.7. The lowest BCUT2D eigenvalue weighted by Gasteiger charge is -2.36. The Morgan fingerprint density at radius 3 is 2.81 bits per heavy atom. The number of aromatic nitrogens is 1. The lowest BCUT2D eigenvalue weighted by molar-refractivity contribution is 0.258. The van der Waals surface area contributed by atoms with Gasteiger partial charge in [-0.25, -0.2) is 0 Å². The minimum atomic E-state index is 0.650. The Morgan fingerprint density at radius 2 is 2.25 bits per heavy atom. The molecular weight excluding hydrogens is 220 g/mol. The lowest BCUT2D eigenvalue weighted by atomic mass is 10.0. The van der Waals surface area contributed by atoms with Gasteiger partial charge in [0.25, 0.3) is 0 Å². The molecule has 1 saturated heterocycles. The van der Waals surface area contributed by atoms with Gasteiger partial charge in [-0.1, -0.05) is 0 Å². The molecule has 0 radical (unpaired) electrons. The van der Waals surface area contributed by atoms with Crippen molar-refractivity contribution in [1.29, 1.82) is 0 Å². The first-order valence-electron chi connectivity index (χ1n) is 5.72. The number of piperidine rings is 1. The molecule has 1 aromatic rings. The summed E-state index contributed by atoms with van der Waals surface area (Å²) < 4.78 is 4.23. The van der Waals surface area contributed by atoms with Gasteiger partial charge in [-0.2, -0.15) is 4.37 Å². The molecule has 1 aliphatic rings. The Bertz CT molecular complexity index is 361. The normalized spacial score (nSPS) is 21.8. The van der Waals surface area contributed by atoms with Crippen LogP contribution < -0.4 is 10.6 Å². The molecule has 2 N–H and O–H groups in total. The van der Waals surface area contributed by atoms with Gasteiger partial charge in [-0.05, 0) is 45.4 Å². The van der Waals surface area contributed by atoms with Gasteiger partial charge in [0.1, 0.15) is 10.8 Å². The third-order valence-corrected chi connectivity index (χ3v) is 4.37. The molecule has 0 spiro atoms. The smallest absolute Gasteiger partial charge is 0.142 e. The van der Waals surface area contributed by atoms with Crippen molar-refractivity contribution in [2.75, 3.05) is 37.8 Å². The summed E-state index contributed by atoms with van der Waals surface area (Å²) in [5, 5.41) is 1.25. The maximum absolute atomic E-state index is 5.80. The van der Waals surface area contributed by atoms with Gasteiger partial charge < -0.3 is 15.5 Å². The van der Waals surface area contributed by atoms with E-state index < -0.39 is 0 Å². The van der Waals surface area contributed by atoms with Gasteiger partial charge in [0, 0.05) is 24.7 Å². The number of hydrogen-bond acceptors (Lipinski definition) is 5. The molecule has 2 rings (SSSR count). The van der Waals surface area contributed by atoms with Gasteiger partial charge in [0.05, 0.1) is 0 Å². The molecule has 5 heteroatoms. The summed E-state index contributed by atoms with van der Waals surface area (Å²) in [4.78, 5) is 4.74. The van der Waals surface area contributed by atoms with Crippen molar-refractivity contribution < 1.29 is 0 Å². The number of nitrogen functional groups attached to an aromatic ring is 1. The zero-order chi connectivity index (χ0) is 11.7. The van der Waals surface area contributed by atoms with Crippen LogP contribution in [-0.2, 0) is 0 Å². The van der Waals surface area contributed by atoms with Gasteiger partial charge in [0.2, 0.25) is 0 Å².